The van der Waals surface area contributed by atoms with E-state index >= 15 is 0 Å². The summed E-state index contributed by atoms with van der Waals surface area (Å²) in [6, 6.07) is 0. The van der Waals surface area contributed by atoms with E-state index in [0.29, 0.717) is 7.06 Å². The number of rotatable bonds is 2. The minimum atomic E-state index is -0.509. The first-order valence-corrected chi connectivity index (χ1v) is 2.10. The van der Waals surface area contributed by atoms with Crippen molar-refractivity contribution in [2.45, 2.75) is 0 Å². The van der Waals surface area contributed by atoms with E-state index in [0.717, 1.165) is 0 Å². The molecule has 0 heterocycles. The predicted octanol–water partition coefficient (Wildman–Crippen LogP) is -3.71. The highest BCUT2D eigenvalue weighted by Gasteiger charge is 2.05. The van der Waals surface area contributed by atoms with E-state index in [1.165, 1.54) is 0 Å². The van der Waals surface area contributed by atoms with Gasteiger partial charge in [0, 0.05) is 0 Å². The zero-order chi connectivity index (χ0) is 4.99. The minimum Gasteiger partial charge on any atom is -0.465 e. The van der Waals surface area contributed by atoms with Crippen molar-refractivity contribution in [2.75, 3.05) is 0 Å². The lowest BCUT2D eigenvalue weighted by Gasteiger charge is -1.87. The van der Waals surface area contributed by atoms with Crippen LogP contribution in [0, 0.1) is 0 Å². The van der Waals surface area contributed by atoms with E-state index in [2.05, 4.69) is 0 Å². The minimum absolute atomic E-state index is 0.115. The van der Waals surface area contributed by atoms with Gasteiger partial charge in [0.15, 0.2) is 0 Å². The van der Waals surface area contributed by atoms with Gasteiger partial charge in [0.2, 0.25) is 6.70 Å². The van der Waals surface area contributed by atoms with Gasteiger partial charge >= 0.3 is 0 Å². The molecule has 0 atom stereocenters. The second kappa shape index (κ2) is 3.37. The first-order valence-electron chi connectivity index (χ1n) is 2.10. The van der Waals surface area contributed by atoms with E-state index in [1.54, 1.807) is 0 Å². The zero-order valence-electron chi connectivity index (χ0n) is 3.89. The lowest BCUT2D eigenvalue weighted by Crippen LogP contribution is -2.30. The Morgan fingerprint density at radius 3 is 2.17 bits per heavy atom. The van der Waals surface area contributed by atoms with E-state index in [4.69, 9.17) is 10.0 Å². The summed E-state index contributed by atoms with van der Waals surface area (Å²) in [4.78, 5) is 0. The average Bonchev–Trinajstić information content (AvgIpc) is 1.65. The van der Waals surface area contributed by atoms with E-state index in [-0.39, 0.29) is 7.37 Å². The van der Waals surface area contributed by atoms with Gasteiger partial charge in [-0.25, -0.2) is 0 Å². The second-order valence-electron chi connectivity index (χ2n) is 1.24. The van der Waals surface area contributed by atoms with E-state index < -0.39 is 6.70 Å². The molecule has 0 aliphatic carbocycles. The molecule has 0 aromatic rings. The van der Waals surface area contributed by atoms with Crippen molar-refractivity contribution in [2.24, 2.45) is 0 Å². The molecule has 0 aliphatic rings. The van der Waals surface area contributed by atoms with Crippen molar-refractivity contribution in [1.29, 1.82) is 0 Å². The highest BCUT2D eigenvalue weighted by atomic mass is 16.2. The normalized spacial score (nSPS) is 7.00. The number of hydrogen-bond donors (Lipinski definition) is 2. The molecule has 6 heteroatoms. The topological polar surface area (TPSA) is 40.5 Å². The van der Waals surface area contributed by atoms with Gasteiger partial charge in [0.1, 0.15) is 0 Å². The lowest BCUT2D eigenvalue weighted by atomic mass is 9.12. The smallest absolute Gasteiger partial charge is 0.260 e. The average molecular weight is 81.3 g/mol. The molecule has 0 rings (SSSR count). The zero-order valence-corrected chi connectivity index (χ0v) is 3.89. The summed E-state index contributed by atoms with van der Waals surface area (Å²) in [5.41, 5.74) is 0. The molecule has 0 radical (unpaired) electrons. The van der Waals surface area contributed by atoms with Crippen molar-refractivity contribution in [3.05, 3.63) is 0 Å². The summed E-state index contributed by atoms with van der Waals surface area (Å²) >= 11 is 0. The maximum Gasteiger partial charge on any atom is 0.260 e. The Morgan fingerprint density at radius 1 is 1.67 bits per heavy atom. The summed E-state index contributed by atoms with van der Waals surface area (Å²) in [6.45, 7) is -0.509. The fourth-order valence-corrected chi connectivity index (χ4v) is 0.129. The van der Waals surface area contributed by atoms with Crippen LogP contribution in [0.15, 0.2) is 0 Å². The molecule has 0 unspecified atom stereocenters. The molecule has 0 aromatic carbocycles. The van der Waals surface area contributed by atoms with Crippen LogP contribution < -0.4 is 0 Å². The van der Waals surface area contributed by atoms with Gasteiger partial charge in [0.25, 0.3) is 7.37 Å². The van der Waals surface area contributed by atoms with Crippen LogP contribution in [-0.4, -0.2) is 38.9 Å². The van der Waals surface area contributed by atoms with Crippen LogP contribution in [0.25, 0.3) is 0 Å². The molecule has 2 N–H and O–H groups in total. The molecule has 0 spiro atoms. The van der Waals surface area contributed by atoms with Crippen LogP contribution >= 0.6 is 0 Å². The van der Waals surface area contributed by atoms with Crippen LogP contribution in [0.3, 0.4) is 0 Å². The van der Waals surface area contributed by atoms with Crippen molar-refractivity contribution >= 4 is 28.9 Å². The number of hydrogen-bond acceptors (Lipinski definition) is 2. The summed E-state index contributed by atoms with van der Waals surface area (Å²) in [5, 5.41) is 16.5. The maximum atomic E-state index is 8.42. The summed E-state index contributed by atoms with van der Waals surface area (Å²) < 4.78 is 0. The SMILES string of the molecule is BBB(O)BO. The molecule has 2 nitrogen and oxygen atoms in total. The third kappa shape index (κ3) is 2.42. The first kappa shape index (κ1) is 6.18. The fourth-order valence-electron chi connectivity index (χ4n) is 0.129. The molecule has 6 heavy (non-hydrogen) atoms. The highest BCUT2D eigenvalue weighted by Crippen LogP contribution is 1.57. The molecule has 0 saturated heterocycles. The van der Waals surface area contributed by atoms with E-state index in [9.17, 15) is 0 Å². The molecule has 0 saturated carbocycles. The Morgan fingerprint density at radius 2 is 2.17 bits per heavy atom. The Balaban J connectivity index is 2.75. The monoisotopic (exact) mass is 82.1 g/mol. The van der Waals surface area contributed by atoms with Crippen molar-refractivity contribution < 1.29 is 10.0 Å². The van der Waals surface area contributed by atoms with Crippen LogP contribution in [0.2, 0.25) is 0 Å². The quantitative estimate of drug-likeness (QED) is 0.336. The van der Waals surface area contributed by atoms with Gasteiger partial charge in [-0.15, -0.1) is 0 Å². The molecule has 0 amide bonds. The molecular weight excluding hydrogens is 75.2 g/mol. The summed E-state index contributed by atoms with van der Waals surface area (Å²) in [6.07, 6.45) is 0. The van der Waals surface area contributed by atoms with Crippen molar-refractivity contribution in [3.63, 3.8) is 0 Å². The van der Waals surface area contributed by atoms with Gasteiger partial charge in [-0.2, -0.15) is 0 Å². The lowest BCUT2D eigenvalue weighted by molar-refractivity contribution is 0.578. The van der Waals surface area contributed by atoms with Crippen LogP contribution in [0.4, 0.5) is 0 Å². The molecule has 0 aromatic heterocycles. The van der Waals surface area contributed by atoms with Gasteiger partial charge in [-0.1, -0.05) is 0 Å². The fraction of sp³-hybridized carbons (Fsp3) is 0. The Kier molecular flexibility index (Phi) is 3.47. The maximum absolute atomic E-state index is 8.42. The van der Waals surface area contributed by atoms with Crippen LogP contribution in [0.5, 0.6) is 0 Å². The summed E-state index contributed by atoms with van der Waals surface area (Å²) in [7, 11) is 2.34. The van der Waals surface area contributed by atoms with Crippen LogP contribution in [0.1, 0.15) is 0 Å². The highest BCUT2D eigenvalue weighted by molar-refractivity contribution is 7.45. The Hall–Kier alpha value is 0.180. The molecule has 30 valence electrons. The van der Waals surface area contributed by atoms with Gasteiger partial charge in [-0.05, 0) is 0 Å². The Bertz CT molecular complexity index is 24.7. The molecular formula is H6B4O2. The molecule has 0 fully saturated rings. The molecule has 0 aliphatic heterocycles. The van der Waals surface area contributed by atoms with E-state index in [1.807, 2.05) is 7.74 Å². The predicted molar refractivity (Wildman–Crippen MR) is 33.0 cm³/mol. The largest absolute Gasteiger partial charge is 0.465 e. The van der Waals surface area contributed by atoms with Crippen molar-refractivity contribution in [1.82, 2.24) is 0 Å². The van der Waals surface area contributed by atoms with Gasteiger partial charge in [-0.3, -0.25) is 0 Å². The van der Waals surface area contributed by atoms with Gasteiger partial charge < -0.3 is 10.0 Å². The first-order chi connectivity index (χ1) is 2.81. The standard InChI is InChI=1S/B4H6O2/c1-2-4(6)3-5/h2-3,5-6H,1H2. The third-order valence-corrected chi connectivity index (χ3v) is 0.682. The molecule has 0 bridgehead atoms. The summed E-state index contributed by atoms with van der Waals surface area (Å²) in [5.74, 6) is 0. The third-order valence-electron chi connectivity index (χ3n) is 0.682. The van der Waals surface area contributed by atoms with Gasteiger partial charge in [0.05, 0.1) is 14.8 Å². The van der Waals surface area contributed by atoms with Crippen molar-refractivity contribution in [3.8, 4) is 0 Å². The Labute approximate surface area is 39.9 Å². The van der Waals surface area contributed by atoms with Crippen LogP contribution in [-0.2, 0) is 0 Å². The second-order valence-corrected chi connectivity index (χ2v) is 1.24.